The van der Waals surface area contributed by atoms with E-state index in [4.69, 9.17) is 10.5 Å². The summed E-state index contributed by atoms with van der Waals surface area (Å²) in [4.78, 5) is 44.7. The molecule has 9 heteroatoms. The zero-order valence-corrected chi connectivity index (χ0v) is 18.2. The van der Waals surface area contributed by atoms with Crippen LogP contribution in [0, 0.1) is 5.92 Å². The van der Waals surface area contributed by atoms with Crippen molar-refractivity contribution in [2.75, 3.05) is 25.5 Å². The van der Waals surface area contributed by atoms with Gasteiger partial charge in [0.05, 0.1) is 18.7 Å². The molecule has 0 radical (unpaired) electrons. The molecule has 3 N–H and O–H groups in total. The number of hydrogen-bond donors (Lipinski definition) is 2. The Bertz CT molecular complexity index is 980. The number of ether oxygens (including phenoxy) is 1. The fourth-order valence-electron chi connectivity index (χ4n) is 4.23. The molecular formula is C22H26N4O4S. The van der Waals surface area contributed by atoms with Crippen LogP contribution in [-0.4, -0.2) is 47.8 Å². The number of methoxy groups -OCH3 is 1. The lowest BCUT2D eigenvalue weighted by atomic mass is 9.88. The second kappa shape index (κ2) is 9.05. The molecule has 4 rings (SSSR count). The summed E-state index contributed by atoms with van der Waals surface area (Å²) in [5.74, 6) is -0.236. The van der Waals surface area contributed by atoms with Crippen LogP contribution in [0.1, 0.15) is 52.5 Å². The van der Waals surface area contributed by atoms with E-state index in [2.05, 4.69) is 10.3 Å². The normalized spacial score (nSPS) is 18.9. The van der Waals surface area contributed by atoms with Gasteiger partial charge in [0.1, 0.15) is 5.75 Å². The molecule has 1 aliphatic carbocycles. The molecule has 1 atom stereocenters. The minimum Gasteiger partial charge on any atom is -0.497 e. The molecule has 8 nitrogen and oxygen atoms in total. The van der Waals surface area contributed by atoms with E-state index in [1.807, 2.05) is 4.90 Å². The number of nitrogens with zero attached hydrogens (tertiary/aromatic N) is 2. The Balaban J connectivity index is 1.45. The number of piperidine rings is 1. The highest BCUT2D eigenvalue weighted by molar-refractivity contribution is 7.16. The number of benzene rings is 1. The van der Waals surface area contributed by atoms with Crippen molar-refractivity contribution in [1.82, 2.24) is 9.88 Å². The molecule has 0 bridgehead atoms. The summed E-state index contributed by atoms with van der Waals surface area (Å²) in [6, 6.07) is 6.86. The van der Waals surface area contributed by atoms with Gasteiger partial charge in [-0.2, -0.15) is 0 Å². The average Bonchev–Trinajstić information content (AvgIpc) is 3.21. The summed E-state index contributed by atoms with van der Waals surface area (Å²) >= 11 is 1.44. The first kappa shape index (κ1) is 21.3. The van der Waals surface area contributed by atoms with Gasteiger partial charge in [0.2, 0.25) is 11.8 Å². The van der Waals surface area contributed by atoms with Crippen molar-refractivity contribution >= 4 is 34.2 Å². The molecule has 31 heavy (non-hydrogen) atoms. The third kappa shape index (κ3) is 4.56. The Kier molecular flexibility index (Phi) is 6.22. The lowest BCUT2D eigenvalue weighted by Crippen LogP contribution is -2.44. The zero-order chi connectivity index (χ0) is 22.0. The van der Waals surface area contributed by atoms with E-state index in [1.165, 1.54) is 11.3 Å². The van der Waals surface area contributed by atoms with Gasteiger partial charge < -0.3 is 15.4 Å². The molecule has 2 aromatic rings. The molecule has 1 aliphatic heterocycles. The van der Waals surface area contributed by atoms with Gasteiger partial charge in [0.15, 0.2) is 5.13 Å². The van der Waals surface area contributed by atoms with Crippen LogP contribution in [0.3, 0.4) is 0 Å². The molecule has 1 fully saturated rings. The van der Waals surface area contributed by atoms with E-state index in [-0.39, 0.29) is 29.6 Å². The predicted octanol–water partition coefficient (Wildman–Crippen LogP) is 2.55. The Morgan fingerprint density at radius 2 is 1.87 bits per heavy atom. The van der Waals surface area contributed by atoms with Gasteiger partial charge in [0.25, 0.3) is 5.91 Å². The smallest absolute Gasteiger partial charge is 0.257 e. The number of nitrogens with one attached hydrogen (secondary N) is 1. The third-order valence-electron chi connectivity index (χ3n) is 6.03. The molecular weight excluding hydrogens is 416 g/mol. The van der Waals surface area contributed by atoms with E-state index in [0.29, 0.717) is 42.4 Å². The molecule has 1 saturated heterocycles. The van der Waals surface area contributed by atoms with Crippen LogP contribution >= 0.6 is 11.3 Å². The summed E-state index contributed by atoms with van der Waals surface area (Å²) in [5.41, 5.74) is 6.70. The monoisotopic (exact) mass is 442 g/mol. The number of amides is 3. The quantitative estimate of drug-likeness (QED) is 0.739. The van der Waals surface area contributed by atoms with Crippen molar-refractivity contribution in [3.63, 3.8) is 0 Å². The highest BCUT2D eigenvalue weighted by atomic mass is 32.1. The average molecular weight is 443 g/mol. The molecule has 1 unspecified atom stereocenters. The number of rotatable bonds is 5. The highest BCUT2D eigenvalue weighted by Crippen LogP contribution is 2.38. The van der Waals surface area contributed by atoms with Gasteiger partial charge in [-0.1, -0.05) is 0 Å². The molecule has 0 saturated carbocycles. The fourth-order valence-corrected chi connectivity index (χ4v) is 5.29. The van der Waals surface area contributed by atoms with Gasteiger partial charge in [-0.3, -0.25) is 19.7 Å². The summed E-state index contributed by atoms with van der Waals surface area (Å²) in [6.45, 7) is 1.09. The van der Waals surface area contributed by atoms with Gasteiger partial charge in [-0.15, -0.1) is 11.3 Å². The SMILES string of the molecule is COc1ccc(C(=O)Nc2nc3c(s2)CCCC3C(=O)N2CCC(C(N)=O)CC2)cc1. The Morgan fingerprint density at radius 1 is 1.16 bits per heavy atom. The molecule has 1 aromatic heterocycles. The van der Waals surface area contributed by atoms with E-state index < -0.39 is 0 Å². The summed E-state index contributed by atoms with van der Waals surface area (Å²) in [7, 11) is 1.58. The number of primary amides is 1. The number of fused-ring (bicyclic) bond motifs is 1. The van der Waals surface area contributed by atoms with Crippen LogP contribution in [0.4, 0.5) is 5.13 Å². The molecule has 1 aromatic carbocycles. The molecule has 3 amide bonds. The van der Waals surface area contributed by atoms with Crippen LogP contribution < -0.4 is 15.8 Å². The third-order valence-corrected chi connectivity index (χ3v) is 7.08. The Morgan fingerprint density at radius 3 is 2.52 bits per heavy atom. The fraction of sp³-hybridized carbons (Fsp3) is 0.455. The van der Waals surface area contributed by atoms with Crippen molar-refractivity contribution < 1.29 is 19.1 Å². The summed E-state index contributed by atoms with van der Waals surface area (Å²) < 4.78 is 5.12. The van der Waals surface area contributed by atoms with Gasteiger partial charge in [-0.05, 0) is 56.4 Å². The molecule has 0 spiro atoms. The Labute approximate surface area is 184 Å². The number of carbonyl (C=O) groups is 3. The van der Waals surface area contributed by atoms with Crippen LogP contribution in [0.5, 0.6) is 5.75 Å². The minimum atomic E-state index is -0.295. The maximum Gasteiger partial charge on any atom is 0.257 e. The lowest BCUT2D eigenvalue weighted by Gasteiger charge is -2.34. The van der Waals surface area contributed by atoms with Gasteiger partial charge in [-0.25, -0.2) is 4.98 Å². The number of likely N-dealkylation sites (tertiary alicyclic amines) is 1. The number of nitrogens with two attached hydrogens (primary N) is 1. The first-order valence-electron chi connectivity index (χ1n) is 10.5. The van der Waals surface area contributed by atoms with Crippen molar-refractivity contribution in [2.45, 2.75) is 38.0 Å². The largest absolute Gasteiger partial charge is 0.497 e. The molecule has 164 valence electrons. The van der Waals surface area contributed by atoms with Crippen LogP contribution in [0.25, 0.3) is 0 Å². The number of anilines is 1. The second-order valence-electron chi connectivity index (χ2n) is 7.96. The van der Waals surface area contributed by atoms with E-state index in [9.17, 15) is 14.4 Å². The number of carbonyl (C=O) groups excluding carboxylic acids is 3. The maximum absolute atomic E-state index is 13.2. The number of hydrogen-bond acceptors (Lipinski definition) is 6. The van der Waals surface area contributed by atoms with E-state index >= 15 is 0 Å². The number of thiazole rings is 1. The summed E-state index contributed by atoms with van der Waals surface area (Å²) in [6.07, 6.45) is 3.74. The zero-order valence-electron chi connectivity index (χ0n) is 17.4. The van der Waals surface area contributed by atoms with Crippen LogP contribution in [0.2, 0.25) is 0 Å². The van der Waals surface area contributed by atoms with Gasteiger partial charge in [0, 0.05) is 29.4 Å². The second-order valence-corrected chi connectivity index (χ2v) is 9.04. The maximum atomic E-state index is 13.2. The van der Waals surface area contributed by atoms with E-state index in [0.717, 1.165) is 29.8 Å². The van der Waals surface area contributed by atoms with Crippen molar-refractivity contribution in [2.24, 2.45) is 11.7 Å². The van der Waals surface area contributed by atoms with Crippen molar-refractivity contribution in [1.29, 1.82) is 0 Å². The van der Waals surface area contributed by atoms with Crippen LogP contribution in [-0.2, 0) is 16.0 Å². The van der Waals surface area contributed by atoms with Crippen molar-refractivity contribution in [3.8, 4) is 5.75 Å². The highest BCUT2D eigenvalue weighted by Gasteiger charge is 2.35. The first-order chi connectivity index (χ1) is 15.0. The van der Waals surface area contributed by atoms with E-state index in [1.54, 1.807) is 31.4 Å². The minimum absolute atomic E-state index is 0.0576. The number of aryl methyl sites for hydroxylation is 1. The predicted molar refractivity (Wildman–Crippen MR) is 117 cm³/mol. The molecule has 2 heterocycles. The summed E-state index contributed by atoms with van der Waals surface area (Å²) in [5, 5.41) is 3.37. The molecule has 2 aliphatic rings. The van der Waals surface area contributed by atoms with Crippen LogP contribution in [0.15, 0.2) is 24.3 Å². The lowest BCUT2D eigenvalue weighted by molar-refractivity contribution is -0.136. The van der Waals surface area contributed by atoms with Crippen molar-refractivity contribution in [3.05, 3.63) is 40.4 Å². The standard InChI is InChI=1S/C22H26N4O4S/c1-30-15-7-5-14(6-8-15)20(28)25-22-24-18-16(3-2-4-17(18)31-22)21(29)26-11-9-13(10-12-26)19(23)27/h5-8,13,16H,2-4,9-12H2,1H3,(H2,23,27)(H,24,25,28). The first-order valence-corrected chi connectivity index (χ1v) is 11.3. The Hall–Kier alpha value is -2.94. The van der Waals surface area contributed by atoms with Gasteiger partial charge >= 0.3 is 0 Å². The topological polar surface area (TPSA) is 115 Å². The number of aromatic nitrogens is 1.